The number of carbonyl (C=O) groups excluding carboxylic acids is 1. The molecule has 0 aromatic heterocycles. The molecule has 1 heterocycles. The number of hydrogen-bond acceptors (Lipinski definition) is 4. The highest BCUT2D eigenvalue weighted by molar-refractivity contribution is 5.92. The van der Waals surface area contributed by atoms with Crippen LogP contribution < -0.4 is 14.8 Å². The first-order chi connectivity index (χ1) is 7.60. The molecular weight excluding hydrogens is 206 g/mol. The van der Waals surface area contributed by atoms with Crippen molar-refractivity contribution >= 4 is 11.7 Å². The number of anilines is 1. The number of fused-ring (bicyclic) bond motifs is 1. The Morgan fingerprint density at radius 3 is 2.88 bits per heavy atom. The normalized spacial score (nSPS) is 23.1. The van der Waals surface area contributed by atoms with Crippen molar-refractivity contribution in [3.63, 3.8) is 0 Å². The van der Waals surface area contributed by atoms with Gasteiger partial charge in [0.1, 0.15) is 17.0 Å². The van der Waals surface area contributed by atoms with Gasteiger partial charge in [-0.15, -0.1) is 0 Å². The number of methoxy groups -OCH3 is 1. The van der Waals surface area contributed by atoms with Gasteiger partial charge in [0.25, 0.3) is 0 Å². The number of nitrogens with one attached hydrogen (secondary N) is 1. The van der Waals surface area contributed by atoms with Gasteiger partial charge in [-0.1, -0.05) is 13.0 Å². The number of para-hydroxylation sites is 1. The minimum Gasteiger partial charge on any atom is -0.494 e. The van der Waals surface area contributed by atoms with Gasteiger partial charge in [-0.2, -0.15) is 0 Å². The molecule has 0 radical (unpaired) electrons. The smallest absolute Gasteiger partial charge is 0.336 e. The van der Waals surface area contributed by atoms with E-state index in [4.69, 9.17) is 9.47 Å². The molecule has 1 aliphatic rings. The van der Waals surface area contributed by atoms with Crippen LogP contribution in [-0.4, -0.2) is 18.6 Å². The summed E-state index contributed by atoms with van der Waals surface area (Å²) in [6, 6.07) is 5.38. The first-order valence-electron chi connectivity index (χ1n) is 5.28. The van der Waals surface area contributed by atoms with Gasteiger partial charge in [0.2, 0.25) is 0 Å². The Kier molecular flexibility index (Phi) is 2.50. The van der Waals surface area contributed by atoms with Crippen LogP contribution in [0.4, 0.5) is 5.69 Å². The number of ether oxygens (including phenoxy) is 2. The Morgan fingerprint density at radius 2 is 2.25 bits per heavy atom. The molecule has 1 N–H and O–H groups in total. The molecule has 86 valence electrons. The third kappa shape index (κ3) is 1.50. The molecule has 0 amide bonds. The van der Waals surface area contributed by atoms with E-state index in [-0.39, 0.29) is 5.97 Å². The van der Waals surface area contributed by atoms with Crippen LogP contribution in [0.3, 0.4) is 0 Å². The first-order valence-corrected chi connectivity index (χ1v) is 5.28. The van der Waals surface area contributed by atoms with Crippen molar-refractivity contribution in [1.82, 2.24) is 0 Å². The maximum absolute atomic E-state index is 11.8. The summed E-state index contributed by atoms with van der Waals surface area (Å²) in [5, 5.41) is 3.19. The van der Waals surface area contributed by atoms with E-state index < -0.39 is 5.54 Å². The van der Waals surface area contributed by atoms with Crippen molar-refractivity contribution in [2.24, 2.45) is 0 Å². The average Bonchev–Trinajstić information content (AvgIpc) is 2.30. The van der Waals surface area contributed by atoms with E-state index in [1.807, 2.05) is 19.9 Å². The van der Waals surface area contributed by atoms with Gasteiger partial charge in [-0.25, -0.2) is 4.79 Å². The van der Waals surface area contributed by atoms with E-state index in [9.17, 15) is 4.79 Å². The molecule has 0 saturated heterocycles. The van der Waals surface area contributed by atoms with Crippen LogP contribution in [0, 0.1) is 0 Å². The van der Waals surface area contributed by atoms with Gasteiger partial charge in [0, 0.05) is 0 Å². The lowest BCUT2D eigenvalue weighted by molar-refractivity contribution is -0.139. The average molecular weight is 221 g/mol. The highest BCUT2D eigenvalue weighted by atomic mass is 16.5. The summed E-state index contributed by atoms with van der Waals surface area (Å²) in [5.74, 6) is 0.954. The maximum Gasteiger partial charge on any atom is 0.336 e. The second-order valence-electron chi connectivity index (χ2n) is 4.03. The van der Waals surface area contributed by atoms with Gasteiger partial charge in [0.15, 0.2) is 5.75 Å². The molecule has 1 aromatic rings. The Hall–Kier alpha value is -1.71. The molecule has 0 spiro atoms. The third-order valence-electron chi connectivity index (χ3n) is 2.97. The fourth-order valence-corrected chi connectivity index (χ4v) is 1.66. The molecule has 2 rings (SSSR count). The highest BCUT2D eigenvalue weighted by Crippen LogP contribution is 2.40. The van der Waals surface area contributed by atoms with Gasteiger partial charge in [0.05, 0.1) is 7.11 Å². The van der Waals surface area contributed by atoms with Gasteiger partial charge >= 0.3 is 5.97 Å². The predicted molar refractivity (Wildman–Crippen MR) is 60.9 cm³/mol. The molecule has 4 nitrogen and oxygen atoms in total. The van der Waals surface area contributed by atoms with Crippen molar-refractivity contribution < 1.29 is 14.3 Å². The minimum absolute atomic E-state index is 0.254. The SMILES string of the molecule is CCC1(C)Nc2c(OC)cccc2OC1=O. The number of carbonyl (C=O) groups is 1. The fourth-order valence-electron chi connectivity index (χ4n) is 1.66. The van der Waals surface area contributed by atoms with Crippen molar-refractivity contribution in [3.8, 4) is 11.5 Å². The molecule has 1 unspecified atom stereocenters. The monoisotopic (exact) mass is 221 g/mol. The van der Waals surface area contributed by atoms with E-state index in [2.05, 4.69) is 5.32 Å². The number of rotatable bonds is 2. The zero-order chi connectivity index (χ0) is 11.8. The summed E-state index contributed by atoms with van der Waals surface area (Å²) in [4.78, 5) is 11.8. The summed E-state index contributed by atoms with van der Waals surface area (Å²) in [5.41, 5.74) is 0.0655. The van der Waals surface area contributed by atoms with Crippen molar-refractivity contribution in [2.45, 2.75) is 25.8 Å². The standard InChI is InChI=1S/C12H15NO3/c1-4-12(2)11(14)16-9-7-5-6-8(15-3)10(9)13-12/h5-7,13H,4H2,1-3H3. The van der Waals surface area contributed by atoms with Crippen LogP contribution in [0.2, 0.25) is 0 Å². The second kappa shape index (κ2) is 3.70. The zero-order valence-corrected chi connectivity index (χ0v) is 9.66. The maximum atomic E-state index is 11.8. The fraction of sp³-hybridized carbons (Fsp3) is 0.417. The summed E-state index contributed by atoms with van der Waals surface area (Å²) in [7, 11) is 1.59. The van der Waals surface area contributed by atoms with E-state index in [0.717, 1.165) is 5.69 Å². The minimum atomic E-state index is -0.679. The van der Waals surface area contributed by atoms with Gasteiger partial charge < -0.3 is 14.8 Å². The van der Waals surface area contributed by atoms with Crippen LogP contribution in [-0.2, 0) is 4.79 Å². The Morgan fingerprint density at radius 1 is 1.50 bits per heavy atom. The Balaban J connectivity index is 2.48. The molecular formula is C12H15NO3. The van der Waals surface area contributed by atoms with E-state index in [1.165, 1.54) is 0 Å². The second-order valence-corrected chi connectivity index (χ2v) is 4.03. The third-order valence-corrected chi connectivity index (χ3v) is 2.97. The van der Waals surface area contributed by atoms with Crippen LogP contribution in [0.1, 0.15) is 20.3 Å². The largest absolute Gasteiger partial charge is 0.494 e. The Labute approximate surface area is 94.6 Å². The lowest BCUT2D eigenvalue weighted by Crippen LogP contribution is -2.48. The first kappa shape index (κ1) is 10.8. The number of benzene rings is 1. The van der Waals surface area contributed by atoms with Crippen LogP contribution in [0.25, 0.3) is 0 Å². The molecule has 0 fully saturated rings. The lowest BCUT2D eigenvalue weighted by Gasteiger charge is -2.34. The lowest BCUT2D eigenvalue weighted by atomic mass is 9.97. The highest BCUT2D eigenvalue weighted by Gasteiger charge is 2.39. The molecule has 0 bridgehead atoms. The summed E-state index contributed by atoms with van der Waals surface area (Å²) >= 11 is 0. The van der Waals surface area contributed by atoms with Crippen LogP contribution in [0.15, 0.2) is 18.2 Å². The van der Waals surface area contributed by atoms with Crippen molar-refractivity contribution in [2.75, 3.05) is 12.4 Å². The zero-order valence-electron chi connectivity index (χ0n) is 9.66. The summed E-state index contributed by atoms with van der Waals surface area (Å²) in [6.45, 7) is 3.76. The van der Waals surface area contributed by atoms with Gasteiger partial charge in [-0.3, -0.25) is 0 Å². The molecule has 4 heteroatoms. The van der Waals surface area contributed by atoms with E-state index in [1.54, 1.807) is 19.2 Å². The Bertz CT molecular complexity index is 430. The predicted octanol–water partition coefficient (Wildman–Crippen LogP) is 2.19. The summed E-state index contributed by atoms with van der Waals surface area (Å²) < 4.78 is 10.5. The molecule has 0 saturated carbocycles. The van der Waals surface area contributed by atoms with Crippen molar-refractivity contribution in [1.29, 1.82) is 0 Å². The van der Waals surface area contributed by atoms with E-state index >= 15 is 0 Å². The van der Waals surface area contributed by atoms with Gasteiger partial charge in [-0.05, 0) is 25.5 Å². The topological polar surface area (TPSA) is 47.6 Å². The molecule has 1 atom stereocenters. The van der Waals surface area contributed by atoms with E-state index in [0.29, 0.717) is 17.9 Å². The van der Waals surface area contributed by atoms with Crippen molar-refractivity contribution in [3.05, 3.63) is 18.2 Å². The number of hydrogen-bond donors (Lipinski definition) is 1. The van der Waals surface area contributed by atoms with Crippen LogP contribution >= 0.6 is 0 Å². The van der Waals surface area contributed by atoms with Crippen LogP contribution in [0.5, 0.6) is 11.5 Å². The number of esters is 1. The summed E-state index contributed by atoms with van der Waals surface area (Å²) in [6.07, 6.45) is 0.656. The quantitative estimate of drug-likeness (QED) is 0.614. The molecule has 1 aliphatic heterocycles. The molecule has 1 aromatic carbocycles. The molecule has 16 heavy (non-hydrogen) atoms. The molecule has 0 aliphatic carbocycles.